The topological polar surface area (TPSA) is 101 Å². The molecule has 0 aliphatic rings. The van der Waals surface area contributed by atoms with Crippen molar-refractivity contribution in [2.45, 2.75) is 31.1 Å². The van der Waals surface area contributed by atoms with Gasteiger partial charge in [0.25, 0.3) is 10.0 Å². The highest BCUT2D eigenvalue weighted by Crippen LogP contribution is 2.24. The largest absolute Gasteiger partial charge is 0.396 e. The Labute approximate surface area is 122 Å². The van der Waals surface area contributed by atoms with Crippen molar-refractivity contribution in [1.29, 1.82) is 0 Å². The summed E-state index contributed by atoms with van der Waals surface area (Å²) in [5.41, 5.74) is 5.76. The molecule has 2 rings (SSSR count). The van der Waals surface area contributed by atoms with E-state index in [4.69, 9.17) is 5.73 Å². The van der Waals surface area contributed by atoms with Gasteiger partial charge in [-0.1, -0.05) is 20.8 Å². The molecule has 21 heavy (non-hydrogen) atoms. The van der Waals surface area contributed by atoms with E-state index in [2.05, 4.69) is 14.9 Å². The maximum atomic E-state index is 13.1. The monoisotopic (exact) mass is 312 g/mol. The fourth-order valence-corrected chi connectivity index (χ4v) is 2.67. The van der Waals surface area contributed by atoms with E-state index in [1.165, 1.54) is 0 Å². The van der Waals surface area contributed by atoms with Gasteiger partial charge in [-0.2, -0.15) is 5.10 Å². The van der Waals surface area contributed by atoms with Gasteiger partial charge >= 0.3 is 0 Å². The van der Waals surface area contributed by atoms with Crippen LogP contribution in [0.1, 0.15) is 26.5 Å². The van der Waals surface area contributed by atoms with Gasteiger partial charge in [0, 0.05) is 17.2 Å². The van der Waals surface area contributed by atoms with Crippen molar-refractivity contribution in [3.63, 3.8) is 0 Å². The first kappa shape index (κ1) is 15.3. The Kier molecular flexibility index (Phi) is 3.66. The first-order valence-corrected chi connectivity index (χ1v) is 7.71. The molecule has 0 spiro atoms. The SMILES string of the molecule is CC(C)(C)c1cc(NS(=O)(=O)c2ccc(F)c(N)c2)n[nH]1. The van der Waals surface area contributed by atoms with Crippen LogP contribution in [0.15, 0.2) is 29.2 Å². The Morgan fingerprint density at radius 1 is 1.29 bits per heavy atom. The summed E-state index contributed by atoms with van der Waals surface area (Å²) < 4.78 is 39.8. The van der Waals surface area contributed by atoms with Crippen LogP contribution >= 0.6 is 0 Å². The molecule has 4 N–H and O–H groups in total. The van der Waals surface area contributed by atoms with E-state index in [0.717, 1.165) is 23.9 Å². The van der Waals surface area contributed by atoms with Gasteiger partial charge in [-0.3, -0.25) is 9.82 Å². The number of halogens is 1. The third-order valence-electron chi connectivity index (χ3n) is 2.90. The predicted molar refractivity (Wildman–Crippen MR) is 78.9 cm³/mol. The Morgan fingerprint density at radius 2 is 1.95 bits per heavy atom. The summed E-state index contributed by atoms with van der Waals surface area (Å²) in [5, 5.41) is 6.69. The number of hydrogen-bond acceptors (Lipinski definition) is 4. The summed E-state index contributed by atoms with van der Waals surface area (Å²) in [6.07, 6.45) is 0. The number of aromatic amines is 1. The quantitative estimate of drug-likeness (QED) is 0.756. The number of rotatable bonds is 3. The molecule has 0 unspecified atom stereocenters. The third-order valence-corrected chi connectivity index (χ3v) is 4.25. The number of nitrogens with two attached hydrogens (primary N) is 1. The second-order valence-electron chi connectivity index (χ2n) is 5.71. The van der Waals surface area contributed by atoms with E-state index in [-0.39, 0.29) is 21.8 Å². The van der Waals surface area contributed by atoms with Crippen LogP contribution in [0.5, 0.6) is 0 Å². The van der Waals surface area contributed by atoms with Gasteiger partial charge in [0.1, 0.15) is 5.82 Å². The molecule has 1 aromatic heterocycles. The molecule has 6 nitrogen and oxygen atoms in total. The van der Waals surface area contributed by atoms with E-state index in [0.29, 0.717) is 0 Å². The molecule has 0 fully saturated rings. The minimum absolute atomic E-state index is 0.123. The Morgan fingerprint density at radius 3 is 2.48 bits per heavy atom. The van der Waals surface area contributed by atoms with Crippen LogP contribution in [0.25, 0.3) is 0 Å². The molecule has 1 aromatic carbocycles. The molecule has 8 heteroatoms. The number of nitrogens with one attached hydrogen (secondary N) is 2. The molecular weight excluding hydrogens is 295 g/mol. The summed E-state index contributed by atoms with van der Waals surface area (Å²) in [5.74, 6) is -0.494. The molecule has 0 amide bonds. The summed E-state index contributed by atoms with van der Waals surface area (Å²) >= 11 is 0. The van der Waals surface area contributed by atoms with E-state index >= 15 is 0 Å². The van der Waals surface area contributed by atoms with Crippen molar-refractivity contribution in [1.82, 2.24) is 10.2 Å². The number of hydrogen-bond donors (Lipinski definition) is 3. The van der Waals surface area contributed by atoms with Gasteiger partial charge in [0.15, 0.2) is 5.82 Å². The smallest absolute Gasteiger partial charge is 0.263 e. The number of nitrogen functional groups attached to an aromatic ring is 1. The molecule has 0 bridgehead atoms. The van der Waals surface area contributed by atoms with E-state index < -0.39 is 15.8 Å². The molecule has 1 heterocycles. The average molecular weight is 312 g/mol. The Hall–Kier alpha value is -2.09. The average Bonchev–Trinajstić information content (AvgIpc) is 2.80. The zero-order valence-corrected chi connectivity index (χ0v) is 12.8. The highest BCUT2D eigenvalue weighted by molar-refractivity contribution is 7.92. The summed E-state index contributed by atoms with van der Waals surface area (Å²) in [6, 6.07) is 4.83. The van der Waals surface area contributed by atoms with Crippen molar-refractivity contribution >= 4 is 21.5 Å². The second kappa shape index (κ2) is 5.03. The lowest BCUT2D eigenvalue weighted by molar-refractivity contribution is 0.567. The molecule has 0 radical (unpaired) electrons. The summed E-state index contributed by atoms with van der Waals surface area (Å²) in [6.45, 7) is 5.92. The Bertz CT molecular complexity index is 763. The molecule has 0 saturated carbocycles. The van der Waals surface area contributed by atoms with Crippen LogP contribution in [0.2, 0.25) is 0 Å². The minimum atomic E-state index is -3.86. The van der Waals surface area contributed by atoms with Crippen LogP contribution in [-0.2, 0) is 15.4 Å². The van der Waals surface area contributed by atoms with Crippen LogP contribution in [0, 0.1) is 5.82 Å². The molecule has 2 aromatic rings. The van der Waals surface area contributed by atoms with Crippen LogP contribution < -0.4 is 10.5 Å². The normalized spacial score (nSPS) is 12.4. The van der Waals surface area contributed by atoms with Crippen molar-refractivity contribution < 1.29 is 12.8 Å². The molecule has 0 aliphatic heterocycles. The number of H-pyrrole nitrogens is 1. The van der Waals surface area contributed by atoms with E-state index in [1.807, 2.05) is 20.8 Å². The highest BCUT2D eigenvalue weighted by Gasteiger charge is 2.20. The van der Waals surface area contributed by atoms with Crippen molar-refractivity contribution in [2.75, 3.05) is 10.5 Å². The van der Waals surface area contributed by atoms with Crippen molar-refractivity contribution in [2.24, 2.45) is 0 Å². The minimum Gasteiger partial charge on any atom is -0.396 e. The number of benzene rings is 1. The first-order valence-electron chi connectivity index (χ1n) is 6.23. The zero-order chi connectivity index (χ0) is 15.8. The van der Waals surface area contributed by atoms with Crippen LogP contribution in [-0.4, -0.2) is 18.6 Å². The fourth-order valence-electron chi connectivity index (χ4n) is 1.64. The number of nitrogens with zero attached hydrogens (tertiary/aromatic N) is 1. The highest BCUT2D eigenvalue weighted by atomic mass is 32.2. The van der Waals surface area contributed by atoms with Gasteiger partial charge in [0.05, 0.1) is 10.6 Å². The molecular formula is C13H17FN4O2S. The lowest BCUT2D eigenvalue weighted by Crippen LogP contribution is -2.14. The standard InChI is InChI=1S/C13H17FN4O2S/c1-13(2,3)11-7-12(17-16-11)18-21(19,20)8-4-5-9(14)10(15)6-8/h4-7H,15H2,1-3H3,(H2,16,17,18). The van der Waals surface area contributed by atoms with E-state index in [1.54, 1.807) is 6.07 Å². The zero-order valence-electron chi connectivity index (χ0n) is 11.9. The molecule has 0 aliphatic carbocycles. The number of aromatic nitrogens is 2. The summed E-state index contributed by atoms with van der Waals surface area (Å²) in [7, 11) is -3.86. The summed E-state index contributed by atoms with van der Waals surface area (Å²) in [4.78, 5) is -0.123. The van der Waals surface area contributed by atoms with Gasteiger partial charge in [-0.25, -0.2) is 12.8 Å². The molecule has 0 atom stereocenters. The molecule has 0 saturated heterocycles. The number of anilines is 2. The maximum absolute atomic E-state index is 13.1. The van der Waals surface area contributed by atoms with Crippen molar-refractivity contribution in [3.8, 4) is 0 Å². The maximum Gasteiger partial charge on any atom is 0.263 e. The Balaban J connectivity index is 2.29. The predicted octanol–water partition coefficient (Wildman–Crippen LogP) is 2.23. The van der Waals surface area contributed by atoms with Gasteiger partial charge in [-0.05, 0) is 18.2 Å². The lowest BCUT2D eigenvalue weighted by atomic mass is 9.92. The lowest BCUT2D eigenvalue weighted by Gasteiger charge is -2.14. The second-order valence-corrected chi connectivity index (χ2v) is 7.39. The van der Waals surface area contributed by atoms with Gasteiger partial charge in [-0.15, -0.1) is 0 Å². The fraction of sp³-hybridized carbons (Fsp3) is 0.308. The third kappa shape index (κ3) is 3.33. The molecule has 114 valence electrons. The van der Waals surface area contributed by atoms with Gasteiger partial charge in [0.2, 0.25) is 0 Å². The first-order chi connectivity index (χ1) is 9.59. The van der Waals surface area contributed by atoms with Gasteiger partial charge < -0.3 is 5.73 Å². The number of sulfonamides is 1. The van der Waals surface area contributed by atoms with Crippen LogP contribution in [0.3, 0.4) is 0 Å². The van der Waals surface area contributed by atoms with Crippen molar-refractivity contribution in [3.05, 3.63) is 35.8 Å². The van der Waals surface area contributed by atoms with Crippen LogP contribution in [0.4, 0.5) is 15.9 Å². The van der Waals surface area contributed by atoms with E-state index in [9.17, 15) is 12.8 Å².